The Morgan fingerprint density at radius 1 is 0.855 bits per heavy atom. The number of carbonyl (C=O) groups is 3. The van der Waals surface area contributed by atoms with Crippen molar-refractivity contribution in [1.82, 2.24) is 15.6 Å². The van der Waals surface area contributed by atoms with Gasteiger partial charge in [-0.15, -0.1) is 0 Å². The molecule has 3 aliphatic rings. The Morgan fingerprint density at radius 3 is 2.14 bits per heavy atom. The van der Waals surface area contributed by atoms with Crippen molar-refractivity contribution in [2.24, 2.45) is 11.7 Å². The molecule has 0 bridgehead atoms. The van der Waals surface area contributed by atoms with Crippen LogP contribution in [0, 0.1) is 12.8 Å². The number of hydrogen-bond donors (Lipinski definition) is 5. The lowest BCUT2D eigenvalue weighted by Crippen LogP contribution is -2.47. The summed E-state index contributed by atoms with van der Waals surface area (Å²) in [5.41, 5.74) is 11.4. The highest BCUT2D eigenvalue weighted by molar-refractivity contribution is 5.98. The van der Waals surface area contributed by atoms with Gasteiger partial charge in [0.2, 0.25) is 11.8 Å². The average molecular weight is 956 g/mol. The lowest BCUT2D eigenvalue weighted by Gasteiger charge is -2.27. The Bertz CT molecular complexity index is 1980. The first kappa shape index (κ1) is 60.2. The van der Waals surface area contributed by atoms with E-state index in [1.165, 1.54) is 67.7 Å². The molecule has 6 N–H and O–H groups in total. The predicted molar refractivity (Wildman–Crippen MR) is 286 cm³/mol. The molecule has 0 spiro atoms. The van der Waals surface area contributed by atoms with Crippen molar-refractivity contribution in [2.75, 3.05) is 58.6 Å². The molecule has 1 heterocycles. The second kappa shape index (κ2) is 37.0. The predicted octanol–water partition coefficient (Wildman–Crippen LogP) is 11.5. The van der Waals surface area contributed by atoms with Crippen LogP contribution in [-0.4, -0.2) is 93.2 Å². The Hall–Kier alpha value is -4.88. The number of nitrogens with one attached hydrogen (secondary N) is 3. The maximum Gasteiger partial charge on any atom is 0.305 e. The number of rotatable bonds is 24. The number of carboxylic acid groups (broad SMARTS) is 1. The number of carboxylic acids is 1. The van der Waals surface area contributed by atoms with Gasteiger partial charge in [0.15, 0.2) is 0 Å². The van der Waals surface area contributed by atoms with E-state index in [0.717, 1.165) is 67.7 Å². The van der Waals surface area contributed by atoms with Gasteiger partial charge in [0.05, 0.1) is 38.3 Å². The SMILES string of the molecule is CC.CCCC1CCC1.CCCOCC.CCCOCCOC.Cc1ccnc(NCCCC(N)C(=O)NCC(=O)N[C@@H](CC(=O)O)C2=CCC=C(c3ccc(C4CCC4)c4ccccc34)C=C2)c1. The highest BCUT2D eigenvalue weighted by Crippen LogP contribution is 2.41. The van der Waals surface area contributed by atoms with Crippen LogP contribution in [0.15, 0.2) is 84.6 Å². The van der Waals surface area contributed by atoms with E-state index < -0.39 is 29.9 Å². The quantitative estimate of drug-likeness (QED) is 0.0544. The molecule has 3 aliphatic carbocycles. The van der Waals surface area contributed by atoms with E-state index >= 15 is 0 Å². The fourth-order valence-corrected chi connectivity index (χ4v) is 7.89. The van der Waals surface area contributed by atoms with Gasteiger partial charge in [-0.3, -0.25) is 14.4 Å². The van der Waals surface area contributed by atoms with Gasteiger partial charge < -0.3 is 41.0 Å². The molecule has 3 aromatic rings. The third kappa shape index (κ3) is 24.0. The van der Waals surface area contributed by atoms with Crippen LogP contribution in [0.2, 0.25) is 0 Å². The molecule has 69 heavy (non-hydrogen) atoms. The normalized spacial score (nSPS) is 14.9. The Labute approximate surface area is 415 Å². The van der Waals surface area contributed by atoms with Crippen molar-refractivity contribution in [3.05, 3.63) is 101 Å². The molecular formula is C57H89N5O7. The Balaban J connectivity index is 0.000000582. The van der Waals surface area contributed by atoms with Crippen molar-refractivity contribution < 1.29 is 33.7 Å². The third-order valence-corrected chi connectivity index (χ3v) is 12.0. The minimum absolute atomic E-state index is 0.285. The van der Waals surface area contributed by atoms with Crippen molar-refractivity contribution in [2.45, 2.75) is 156 Å². The van der Waals surface area contributed by atoms with E-state index in [1.54, 1.807) is 13.3 Å². The number of benzene rings is 2. The van der Waals surface area contributed by atoms with Crippen molar-refractivity contribution in [3.63, 3.8) is 0 Å². The zero-order valence-corrected chi connectivity index (χ0v) is 43.6. The summed E-state index contributed by atoms with van der Waals surface area (Å²) in [6, 6.07) is 15.3. The minimum atomic E-state index is -1.03. The molecule has 12 heteroatoms. The number of allylic oxidation sites excluding steroid dienone is 4. The summed E-state index contributed by atoms with van der Waals surface area (Å²) in [5.74, 6) is 0.568. The van der Waals surface area contributed by atoms with Crippen molar-refractivity contribution in [1.29, 1.82) is 0 Å². The smallest absolute Gasteiger partial charge is 0.305 e. The number of aryl methyl sites for hydroxylation is 1. The molecule has 1 aromatic heterocycles. The maximum atomic E-state index is 12.8. The monoisotopic (exact) mass is 956 g/mol. The molecule has 2 amide bonds. The second-order valence-electron chi connectivity index (χ2n) is 17.5. The van der Waals surface area contributed by atoms with Crippen LogP contribution in [0.5, 0.6) is 0 Å². The molecule has 2 aromatic carbocycles. The number of ether oxygens (including phenoxy) is 3. The van der Waals surface area contributed by atoms with Crippen molar-refractivity contribution >= 4 is 39.9 Å². The van der Waals surface area contributed by atoms with Crippen LogP contribution < -0.4 is 21.7 Å². The zero-order chi connectivity index (χ0) is 50.7. The van der Waals surface area contributed by atoms with E-state index in [2.05, 4.69) is 84.2 Å². The first-order chi connectivity index (χ1) is 33.5. The Kier molecular flexibility index (Phi) is 32.3. The second-order valence-corrected chi connectivity index (χ2v) is 17.5. The highest BCUT2D eigenvalue weighted by Gasteiger charge is 2.24. The van der Waals surface area contributed by atoms with Gasteiger partial charge >= 0.3 is 5.97 Å². The number of hydrogen-bond acceptors (Lipinski definition) is 9. The first-order valence-corrected chi connectivity index (χ1v) is 26.0. The van der Waals surface area contributed by atoms with Crippen LogP contribution in [0.4, 0.5) is 5.82 Å². The van der Waals surface area contributed by atoms with Gasteiger partial charge in [0.25, 0.3) is 0 Å². The number of pyridine rings is 1. The molecular weight excluding hydrogens is 867 g/mol. The van der Waals surface area contributed by atoms with Crippen LogP contribution in [0.3, 0.4) is 0 Å². The van der Waals surface area contributed by atoms with E-state index in [0.29, 0.717) is 43.9 Å². The summed E-state index contributed by atoms with van der Waals surface area (Å²) in [5, 5.41) is 20.7. The van der Waals surface area contributed by atoms with E-state index in [9.17, 15) is 19.5 Å². The molecule has 6 rings (SSSR count). The van der Waals surface area contributed by atoms with Crippen LogP contribution in [0.1, 0.15) is 154 Å². The van der Waals surface area contributed by atoms with Crippen LogP contribution >= 0.6 is 0 Å². The average Bonchev–Trinajstić information content (AvgIpc) is 3.58. The lowest BCUT2D eigenvalue weighted by atomic mass is 9.77. The fourth-order valence-electron chi connectivity index (χ4n) is 7.89. The molecule has 0 aliphatic heterocycles. The maximum absolute atomic E-state index is 12.8. The van der Waals surface area contributed by atoms with Gasteiger partial charge in [-0.1, -0.05) is 134 Å². The number of carbonyl (C=O) groups excluding carboxylic acids is 2. The Morgan fingerprint density at radius 2 is 1.57 bits per heavy atom. The van der Waals surface area contributed by atoms with Crippen LogP contribution in [0.25, 0.3) is 16.3 Å². The molecule has 2 fully saturated rings. The number of fused-ring (bicyclic) bond motifs is 1. The topological polar surface area (TPSA) is 174 Å². The zero-order valence-electron chi connectivity index (χ0n) is 43.6. The molecule has 1 unspecified atom stereocenters. The number of methoxy groups -OCH3 is 1. The highest BCUT2D eigenvalue weighted by atomic mass is 16.5. The number of anilines is 1. The van der Waals surface area contributed by atoms with Gasteiger partial charge in [-0.2, -0.15) is 0 Å². The molecule has 2 atom stereocenters. The molecule has 2 saturated carbocycles. The van der Waals surface area contributed by atoms with Gasteiger partial charge in [0.1, 0.15) is 5.82 Å². The number of aromatic nitrogens is 1. The summed E-state index contributed by atoms with van der Waals surface area (Å²) < 4.78 is 14.8. The van der Waals surface area contributed by atoms with E-state index in [-0.39, 0.29) is 13.0 Å². The minimum Gasteiger partial charge on any atom is -0.481 e. The first-order valence-electron chi connectivity index (χ1n) is 26.0. The van der Waals surface area contributed by atoms with Gasteiger partial charge in [-0.05, 0) is 121 Å². The summed E-state index contributed by atoms with van der Waals surface area (Å²) >= 11 is 0. The van der Waals surface area contributed by atoms with Gasteiger partial charge in [0, 0.05) is 39.7 Å². The molecule has 0 radical (unpaired) electrons. The standard InChI is InChI=1S/C37H43N5O4.C7H14.C6H14O2.C5H12O.C2H6/c1-24-18-20-40-34(21-24)39-19-6-13-32(38)37(46)41-23-35(43)42-33(22-36(44)45)27-10-5-9-26(14-15-27)29-17-16-28(25-7-4-8-25)30-11-2-3-12-31(29)30;1-2-4-7-5-3-6-7;1-3-4-8-6-5-7-2;1-3-5-6-4-2;1-2/h2-3,9-12,14-18,20-21,25,32-33H,4-8,13,19,22-23,38H2,1H3,(H,39,40)(H,41,46)(H,42,43)(H,44,45);7H,2-6H2,1H3;3-6H2,1-2H3;3-5H2,1-2H3;1-2H3/t32?,33-;;;;/m0..../s1. The van der Waals surface area contributed by atoms with Gasteiger partial charge in [-0.25, -0.2) is 4.98 Å². The largest absolute Gasteiger partial charge is 0.481 e. The van der Waals surface area contributed by atoms with Crippen molar-refractivity contribution in [3.8, 4) is 0 Å². The number of nitrogens with zero attached hydrogens (tertiary/aromatic N) is 1. The fraction of sp³-hybridized carbons (Fsp3) is 0.579. The summed E-state index contributed by atoms with van der Waals surface area (Å²) in [7, 11) is 1.68. The molecule has 12 nitrogen and oxygen atoms in total. The number of nitrogens with two attached hydrogens (primary N) is 1. The van der Waals surface area contributed by atoms with Crippen LogP contribution in [-0.2, 0) is 28.6 Å². The lowest BCUT2D eigenvalue weighted by molar-refractivity contribution is -0.137. The van der Waals surface area contributed by atoms with E-state index in [1.807, 2.05) is 58.1 Å². The summed E-state index contributed by atoms with van der Waals surface area (Å²) in [6.07, 6.45) is 24.5. The molecule has 384 valence electrons. The molecule has 0 saturated heterocycles. The number of aliphatic carboxylic acids is 1. The third-order valence-electron chi connectivity index (χ3n) is 12.0. The summed E-state index contributed by atoms with van der Waals surface area (Å²) in [4.78, 5) is 41.4. The van der Waals surface area contributed by atoms with E-state index in [4.69, 9.17) is 19.9 Å². The summed E-state index contributed by atoms with van der Waals surface area (Å²) in [6.45, 7) is 18.8. The number of amides is 2.